The van der Waals surface area contributed by atoms with Gasteiger partial charge >= 0.3 is 0 Å². The highest BCUT2D eigenvalue weighted by atomic mass is 32.1. The summed E-state index contributed by atoms with van der Waals surface area (Å²) in [5.41, 5.74) is 1.11. The molecule has 3 atom stereocenters. The van der Waals surface area contributed by atoms with Crippen molar-refractivity contribution < 1.29 is 4.74 Å². The molecule has 3 nitrogen and oxygen atoms in total. The minimum Gasteiger partial charge on any atom is -0.372 e. The third kappa shape index (κ3) is 4.03. The van der Waals surface area contributed by atoms with Crippen molar-refractivity contribution in [1.82, 2.24) is 10.3 Å². The fourth-order valence-corrected chi connectivity index (χ4v) is 3.60. The molecule has 2 aliphatic carbocycles. The van der Waals surface area contributed by atoms with Crippen molar-refractivity contribution in [2.45, 2.75) is 71.2 Å². The molecule has 1 N–H and O–H groups in total. The summed E-state index contributed by atoms with van der Waals surface area (Å²) in [4.78, 5) is 4.66. The molecule has 0 spiro atoms. The van der Waals surface area contributed by atoms with Gasteiger partial charge in [-0.3, -0.25) is 0 Å². The lowest BCUT2D eigenvalue weighted by Crippen LogP contribution is -2.26. The molecular weight excluding hydrogens is 268 g/mol. The first-order valence-electron chi connectivity index (χ1n) is 7.99. The highest BCUT2D eigenvalue weighted by Gasteiger charge is 2.25. The number of hydrogen-bond acceptors (Lipinski definition) is 4. The van der Waals surface area contributed by atoms with E-state index in [-0.39, 0.29) is 0 Å². The van der Waals surface area contributed by atoms with Crippen LogP contribution in [0.4, 0.5) is 0 Å². The van der Waals surface area contributed by atoms with Crippen LogP contribution in [-0.2, 0) is 17.9 Å². The molecule has 1 aromatic heterocycles. The number of aromatic nitrogens is 1. The number of hydrogen-bond donors (Lipinski definition) is 1. The average Bonchev–Trinajstić information content (AvgIpc) is 3.16. The van der Waals surface area contributed by atoms with Crippen molar-refractivity contribution >= 4 is 11.3 Å². The van der Waals surface area contributed by atoms with E-state index in [1.807, 2.05) is 0 Å². The van der Waals surface area contributed by atoms with Crippen molar-refractivity contribution in [2.75, 3.05) is 0 Å². The quantitative estimate of drug-likeness (QED) is 0.868. The highest BCUT2D eigenvalue weighted by Crippen LogP contribution is 2.31. The van der Waals surface area contributed by atoms with E-state index >= 15 is 0 Å². The number of ether oxygens (including phenoxy) is 1. The highest BCUT2D eigenvalue weighted by molar-refractivity contribution is 7.09. The van der Waals surface area contributed by atoms with E-state index in [1.165, 1.54) is 37.1 Å². The second-order valence-corrected chi connectivity index (χ2v) is 7.53. The number of rotatable bonds is 6. The predicted molar refractivity (Wildman–Crippen MR) is 82.7 cm³/mol. The van der Waals surface area contributed by atoms with E-state index in [9.17, 15) is 0 Å². The maximum absolute atomic E-state index is 6.06. The first-order valence-corrected chi connectivity index (χ1v) is 8.87. The molecule has 112 valence electrons. The van der Waals surface area contributed by atoms with E-state index in [4.69, 9.17) is 4.74 Å². The SMILES string of the molecule is CC1CCC(OCc2csc(CNC3CC3)n2)CC1C. The van der Waals surface area contributed by atoms with Crippen molar-refractivity contribution in [3.8, 4) is 0 Å². The van der Waals surface area contributed by atoms with Crippen molar-refractivity contribution in [1.29, 1.82) is 0 Å². The van der Waals surface area contributed by atoms with Crippen LogP contribution in [0.3, 0.4) is 0 Å². The molecule has 0 bridgehead atoms. The lowest BCUT2D eigenvalue weighted by molar-refractivity contribution is -0.00861. The third-order valence-electron chi connectivity index (χ3n) is 4.74. The zero-order valence-corrected chi connectivity index (χ0v) is 13.4. The monoisotopic (exact) mass is 294 g/mol. The summed E-state index contributed by atoms with van der Waals surface area (Å²) in [5, 5.41) is 6.86. The van der Waals surface area contributed by atoms with Crippen molar-refractivity contribution in [2.24, 2.45) is 11.8 Å². The van der Waals surface area contributed by atoms with Gasteiger partial charge in [-0.25, -0.2) is 4.98 Å². The Morgan fingerprint density at radius 1 is 1.25 bits per heavy atom. The van der Waals surface area contributed by atoms with Gasteiger partial charge in [0.15, 0.2) is 0 Å². The van der Waals surface area contributed by atoms with Crippen molar-refractivity contribution in [3.63, 3.8) is 0 Å². The Morgan fingerprint density at radius 3 is 2.85 bits per heavy atom. The van der Waals surface area contributed by atoms with Crippen LogP contribution in [0.5, 0.6) is 0 Å². The molecule has 4 heteroatoms. The topological polar surface area (TPSA) is 34.1 Å². The van der Waals surface area contributed by atoms with Gasteiger partial charge in [-0.1, -0.05) is 13.8 Å². The number of nitrogens with one attached hydrogen (secondary N) is 1. The van der Waals surface area contributed by atoms with Crippen molar-refractivity contribution in [3.05, 3.63) is 16.1 Å². The molecule has 1 heterocycles. The van der Waals surface area contributed by atoms with Gasteiger partial charge in [0.1, 0.15) is 5.01 Å². The Bertz CT molecular complexity index is 430. The lowest BCUT2D eigenvalue weighted by atomic mass is 9.80. The molecule has 0 aliphatic heterocycles. The standard InChI is InChI=1S/C16H26N2OS/c1-11-3-6-15(7-12(11)2)19-9-14-10-20-16(18-14)8-17-13-4-5-13/h10-13,15,17H,3-9H2,1-2H3. The zero-order chi connectivity index (χ0) is 13.9. The van der Waals surface area contributed by atoms with Gasteiger partial charge in [-0.05, 0) is 43.9 Å². The molecule has 20 heavy (non-hydrogen) atoms. The summed E-state index contributed by atoms with van der Waals surface area (Å²) < 4.78 is 6.06. The number of thiazole rings is 1. The Hall–Kier alpha value is -0.450. The largest absolute Gasteiger partial charge is 0.372 e. The maximum atomic E-state index is 6.06. The molecule has 0 amide bonds. The molecule has 3 rings (SSSR count). The fraction of sp³-hybridized carbons (Fsp3) is 0.812. The van der Waals surface area contributed by atoms with Gasteiger partial charge in [0.2, 0.25) is 0 Å². The molecule has 2 aliphatic rings. The fourth-order valence-electron chi connectivity index (χ4n) is 2.87. The normalized spacial score (nSPS) is 30.6. The summed E-state index contributed by atoms with van der Waals surface area (Å²) >= 11 is 1.75. The van der Waals surface area contributed by atoms with Crippen LogP contribution in [0.15, 0.2) is 5.38 Å². The van der Waals surface area contributed by atoms with E-state index in [2.05, 4.69) is 29.5 Å². The van der Waals surface area contributed by atoms with Gasteiger partial charge in [-0.15, -0.1) is 11.3 Å². The Labute approximate surface area is 126 Å². The summed E-state index contributed by atoms with van der Waals surface area (Å²) in [6, 6.07) is 0.754. The van der Waals surface area contributed by atoms with Crippen LogP contribution in [-0.4, -0.2) is 17.1 Å². The molecule has 1 aromatic rings. The van der Waals surface area contributed by atoms with E-state index in [0.717, 1.165) is 30.1 Å². The first kappa shape index (κ1) is 14.5. The molecule has 0 radical (unpaired) electrons. The predicted octanol–water partition coefficient (Wildman–Crippen LogP) is 3.74. The van der Waals surface area contributed by atoms with E-state index < -0.39 is 0 Å². The van der Waals surface area contributed by atoms with Gasteiger partial charge in [0.25, 0.3) is 0 Å². The molecule has 2 fully saturated rings. The van der Waals surface area contributed by atoms with Crippen LogP contribution in [0.2, 0.25) is 0 Å². The average molecular weight is 294 g/mol. The van der Waals surface area contributed by atoms with E-state index in [1.54, 1.807) is 11.3 Å². The lowest BCUT2D eigenvalue weighted by Gasteiger charge is -2.31. The van der Waals surface area contributed by atoms with Crippen LogP contribution >= 0.6 is 11.3 Å². The summed E-state index contributed by atoms with van der Waals surface area (Å²) in [6.45, 7) is 6.32. The summed E-state index contributed by atoms with van der Waals surface area (Å²) in [7, 11) is 0. The summed E-state index contributed by atoms with van der Waals surface area (Å²) in [6.07, 6.45) is 6.84. The Balaban J connectivity index is 1.41. The zero-order valence-electron chi connectivity index (χ0n) is 12.6. The van der Waals surface area contributed by atoms with Crippen LogP contribution < -0.4 is 5.32 Å². The smallest absolute Gasteiger partial charge is 0.107 e. The van der Waals surface area contributed by atoms with Gasteiger partial charge in [0, 0.05) is 18.0 Å². The van der Waals surface area contributed by atoms with E-state index in [0.29, 0.717) is 12.7 Å². The summed E-state index contributed by atoms with van der Waals surface area (Å²) in [5.74, 6) is 1.65. The second-order valence-electron chi connectivity index (χ2n) is 6.59. The minimum absolute atomic E-state index is 0.441. The van der Waals surface area contributed by atoms with Gasteiger partial charge in [-0.2, -0.15) is 0 Å². The molecule has 0 aromatic carbocycles. The number of nitrogens with zero attached hydrogens (tertiary/aromatic N) is 1. The third-order valence-corrected chi connectivity index (χ3v) is 5.63. The van der Waals surface area contributed by atoms with Crippen LogP contribution in [0.25, 0.3) is 0 Å². The molecule has 0 saturated heterocycles. The van der Waals surface area contributed by atoms with Crippen LogP contribution in [0.1, 0.15) is 56.7 Å². The Kier molecular flexibility index (Phi) is 4.74. The maximum Gasteiger partial charge on any atom is 0.107 e. The van der Waals surface area contributed by atoms with Gasteiger partial charge < -0.3 is 10.1 Å². The van der Waals surface area contributed by atoms with Gasteiger partial charge in [0.05, 0.1) is 18.4 Å². The first-order chi connectivity index (χ1) is 9.70. The molecular formula is C16H26N2OS. The Morgan fingerprint density at radius 2 is 2.10 bits per heavy atom. The van der Waals surface area contributed by atoms with Crippen LogP contribution in [0, 0.1) is 11.8 Å². The minimum atomic E-state index is 0.441. The molecule has 2 saturated carbocycles. The molecule has 3 unspecified atom stereocenters. The second kappa shape index (κ2) is 6.54.